The van der Waals surface area contributed by atoms with Crippen molar-refractivity contribution in [2.75, 3.05) is 10.2 Å². The summed E-state index contributed by atoms with van der Waals surface area (Å²) in [6, 6.07) is 13.9. The van der Waals surface area contributed by atoms with Gasteiger partial charge in [0.15, 0.2) is 5.43 Å². The standard InChI is InChI=1S/C25H28N2O4/c1-15(2)27(16(3)28)18-12-10-17(11-13-18)22-14-20(29)23-19(8-7-9-21(23)31-22)26-24(30)25(4,5)6/h7-15H,1-6H3,(H,26,30). The zero-order valence-electron chi connectivity index (χ0n) is 18.8. The summed E-state index contributed by atoms with van der Waals surface area (Å²) in [7, 11) is 0. The van der Waals surface area contributed by atoms with Crippen molar-refractivity contribution in [1.82, 2.24) is 0 Å². The molecule has 0 atom stereocenters. The zero-order chi connectivity index (χ0) is 22.9. The van der Waals surface area contributed by atoms with Gasteiger partial charge in [0.2, 0.25) is 11.8 Å². The number of anilines is 2. The van der Waals surface area contributed by atoms with Gasteiger partial charge < -0.3 is 14.6 Å². The Morgan fingerprint density at radius 3 is 2.23 bits per heavy atom. The van der Waals surface area contributed by atoms with Gasteiger partial charge in [-0.15, -0.1) is 0 Å². The molecule has 1 heterocycles. The van der Waals surface area contributed by atoms with Crippen molar-refractivity contribution in [3.8, 4) is 11.3 Å². The lowest BCUT2D eigenvalue weighted by atomic mass is 9.95. The summed E-state index contributed by atoms with van der Waals surface area (Å²) in [5.74, 6) is 0.200. The van der Waals surface area contributed by atoms with Crippen molar-refractivity contribution in [1.29, 1.82) is 0 Å². The fourth-order valence-corrected chi connectivity index (χ4v) is 3.40. The van der Waals surface area contributed by atoms with Gasteiger partial charge >= 0.3 is 0 Å². The van der Waals surface area contributed by atoms with Crippen LogP contribution in [-0.4, -0.2) is 17.9 Å². The molecule has 6 heteroatoms. The summed E-state index contributed by atoms with van der Waals surface area (Å²) in [5.41, 5.74) is 1.50. The maximum atomic E-state index is 12.9. The molecule has 3 aromatic rings. The number of carbonyl (C=O) groups excluding carboxylic acids is 2. The quantitative estimate of drug-likeness (QED) is 0.629. The number of fused-ring (bicyclic) bond motifs is 1. The van der Waals surface area contributed by atoms with E-state index in [0.29, 0.717) is 22.4 Å². The van der Waals surface area contributed by atoms with Gasteiger partial charge in [-0.2, -0.15) is 0 Å². The predicted octanol–water partition coefficient (Wildman–Crippen LogP) is 5.21. The highest BCUT2D eigenvalue weighted by Gasteiger charge is 2.23. The van der Waals surface area contributed by atoms with Gasteiger partial charge in [0.05, 0.1) is 11.1 Å². The molecule has 0 saturated heterocycles. The molecule has 31 heavy (non-hydrogen) atoms. The van der Waals surface area contributed by atoms with Crippen LogP contribution in [0.3, 0.4) is 0 Å². The molecule has 0 saturated carbocycles. The number of nitrogens with zero attached hydrogens (tertiary/aromatic N) is 1. The van der Waals surface area contributed by atoms with Crippen LogP contribution in [0.4, 0.5) is 11.4 Å². The van der Waals surface area contributed by atoms with Gasteiger partial charge in [0, 0.05) is 35.7 Å². The molecule has 0 fully saturated rings. The third-order valence-electron chi connectivity index (χ3n) is 4.97. The van der Waals surface area contributed by atoms with E-state index in [1.807, 2.05) is 58.9 Å². The Morgan fingerprint density at radius 1 is 1.03 bits per heavy atom. The number of hydrogen-bond donors (Lipinski definition) is 1. The fraction of sp³-hybridized carbons (Fsp3) is 0.320. The predicted molar refractivity (Wildman–Crippen MR) is 124 cm³/mol. The Morgan fingerprint density at radius 2 is 1.68 bits per heavy atom. The van der Waals surface area contributed by atoms with Crippen LogP contribution in [0.25, 0.3) is 22.3 Å². The summed E-state index contributed by atoms with van der Waals surface area (Å²) < 4.78 is 6.00. The lowest BCUT2D eigenvalue weighted by molar-refractivity contribution is -0.123. The average Bonchev–Trinajstić information content (AvgIpc) is 2.67. The minimum atomic E-state index is -0.590. The van der Waals surface area contributed by atoms with Crippen LogP contribution in [0.5, 0.6) is 0 Å². The molecule has 0 aliphatic rings. The van der Waals surface area contributed by atoms with E-state index in [9.17, 15) is 14.4 Å². The van der Waals surface area contributed by atoms with Crippen LogP contribution in [0.15, 0.2) is 57.7 Å². The highest BCUT2D eigenvalue weighted by atomic mass is 16.3. The first kappa shape index (κ1) is 22.3. The average molecular weight is 421 g/mol. The molecule has 1 N–H and O–H groups in total. The number of carbonyl (C=O) groups is 2. The molecule has 2 aromatic carbocycles. The second-order valence-electron chi connectivity index (χ2n) is 8.89. The molecule has 2 amide bonds. The largest absolute Gasteiger partial charge is 0.456 e. The van der Waals surface area contributed by atoms with Gasteiger partial charge in [0.25, 0.3) is 0 Å². The second-order valence-corrected chi connectivity index (χ2v) is 8.89. The van der Waals surface area contributed by atoms with E-state index in [1.165, 1.54) is 13.0 Å². The summed E-state index contributed by atoms with van der Waals surface area (Å²) in [4.78, 5) is 38.9. The van der Waals surface area contributed by atoms with Crippen molar-refractivity contribution in [2.45, 2.75) is 47.6 Å². The van der Waals surface area contributed by atoms with Crippen molar-refractivity contribution < 1.29 is 14.0 Å². The fourth-order valence-electron chi connectivity index (χ4n) is 3.40. The molecule has 0 unspecified atom stereocenters. The molecular weight excluding hydrogens is 392 g/mol. The molecule has 6 nitrogen and oxygen atoms in total. The van der Waals surface area contributed by atoms with Crippen LogP contribution in [0.1, 0.15) is 41.5 Å². The highest BCUT2D eigenvalue weighted by Crippen LogP contribution is 2.29. The summed E-state index contributed by atoms with van der Waals surface area (Å²) in [5, 5.41) is 3.17. The Bertz CT molecular complexity index is 1180. The molecule has 162 valence electrons. The first-order chi connectivity index (χ1) is 14.5. The van der Waals surface area contributed by atoms with Gasteiger partial charge in [0.1, 0.15) is 11.3 Å². The monoisotopic (exact) mass is 420 g/mol. The SMILES string of the molecule is CC(=O)N(c1ccc(-c2cc(=O)c3c(NC(=O)C(C)(C)C)cccc3o2)cc1)C(C)C. The molecule has 0 aliphatic carbocycles. The lowest BCUT2D eigenvalue weighted by Gasteiger charge is -2.25. The molecule has 0 bridgehead atoms. The van der Waals surface area contributed by atoms with Crippen molar-refractivity contribution in [3.63, 3.8) is 0 Å². The van der Waals surface area contributed by atoms with E-state index < -0.39 is 5.41 Å². The number of hydrogen-bond acceptors (Lipinski definition) is 4. The van der Waals surface area contributed by atoms with Crippen LogP contribution < -0.4 is 15.6 Å². The van der Waals surface area contributed by atoms with Crippen LogP contribution in [0, 0.1) is 5.41 Å². The first-order valence-electron chi connectivity index (χ1n) is 10.3. The van der Waals surface area contributed by atoms with Gasteiger partial charge in [-0.3, -0.25) is 14.4 Å². The van der Waals surface area contributed by atoms with E-state index in [2.05, 4.69) is 5.32 Å². The van der Waals surface area contributed by atoms with E-state index in [0.717, 1.165) is 11.3 Å². The van der Waals surface area contributed by atoms with Crippen molar-refractivity contribution in [2.24, 2.45) is 5.41 Å². The topological polar surface area (TPSA) is 79.6 Å². The third kappa shape index (κ3) is 4.68. The Kier molecular flexibility index (Phi) is 6.02. The van der Waals surface area contributed by atoms with Crippen molar-refractivity contribution in [3.05, 3.63) is 58.8 Å². The van der Waals surface area contributed by atoms with Crippen LogP contribution in [0.2, 0.25) is 0 Å². The summed E-state index contributed by atoms with van der Waals surface area (Å²) >= 11 is 0. The lowest BCUT2D eigenvalue weighted by Crippen LogP contribution is -2.34. The van der Waals surface area contributed by atoms with Crippen molar-refractivity contribution >= 4 is 34.2 Å². The molecule has 0 spiro atoms. The van der Waals surface area contributed by atoms with Crippen LogP contribution in [-0.2, 0) is 9.59 Å². The molecule has 0 radical (unpaired) electrons. The molecule has 3 rings (SSSR count). The summed E-state index contributed by atoms with van der Waals surface area (Å²) in [6.07, 6.45) is 0. The number of rotatable bonds is 4. The second kappa shape index (κ2) is 8.38. The number of benzene rings is 2. The smallest absolute Gasteiger partial charge is 0.229 e. The molecule has 1 aromatic heterocycles. The maximum absolute atomic E-state index is 12.9. The van der Waals surface area contributed by atoms with E-state index in [1.54, 1.807) is 23.1 Å². The van der Waals surface area contributed by atoms with E-state index >= 15 is 0 Å². The van der Waals surface area contributed by atoms with Gasteiger partial charge in [-0.05, 0) is 50.2 Å². The number of amides is 2. The maximum Gasteiger partial charge on any atom is 0.229 e. The highest BCUT2D eigenvalue weighted by molar-refractivity contribution is 6.02. The zero-order valence-corrected chi connectivity index (χ0v) is 18.8. The van der Waals surface area contributed by atoms with Gasteiger partial charge in [-0.25, -0.2) is 0 Å². The third-order valence-corrected chi connectivity index (χ3v) is 4.97. The minimum absolute atomic E-state index is 0.0312. The Hall–Kier alpha value is -3.41. The normalized spacial score (nSPS) is 11.6. The number of nitrogens with one attached hydrogen (secondary N) is 1. The van der Waals surface area contributed by atoms with E-state index in [4.69, 9.17) is 4.42 Å². The Labute approximate surface area is 181 Å². The minimum Gasteiger partial charge on any atom is -0.456 e. The molecule has 0 aliphatic heterocycles. The summed E-state index contributed by atoms with van der Waals surface area (Å²) in [6.45, 7) is 10.9. The van der Waals surface area contributed by atoms with Crippen LogP contribution >= 0.6 is 0 Å². The Balaban J connectivity index is 2.01. The molecular formula is C25H28N2O4. The van der Waals surface area contributed by atoms with E-state index in [-0.39, 0.29) is 23.3 Å². The first-order valence-corrected chi connectivity index (χ1v) is 10.3. The van der Waals surface area contributed by atoms with Gasteiger partial charge in [-0.1, -0.05) is 26.8 Å².